The topological polar surface area (TPSA) is 52.8 Å². The van der Waals surface area contributed by atoms with E-state index in [1.165, 1.54) is 23.8 Å². The molecular weight excluding hydrogens is 443 g/mol. The van der Waals surface area contributed by atoms with Crippen molar-refractivity contribution in [3.05, 3.63) is 75.8 Å². The lowest BCUT2D eigenvalue weighted by Crippen LogP contribution is -2.04. The van der Waals surface area contributed by atoms with Gasteiger partial charge in [0, 0.05) is 29.8 Å². The third kappa shape index (κ3) is 4.83. The summed E-state index contributed by atoms with van der Waals surface area (Å²) in [5.74, 6) is 1.36. The van der Waals surface area contributed by atoms with Gasteiger partial charge in [-0.05, 0) is 25.1 Å². The van der Waals surface area contributed by atoms with Gasteiger partial charge in [-0.25, -0.2) is 9.37 Å². The van der Waals surface area contributed by atoms with Gasteiger partial charge in [0.1, 0.15) is 23.2 Å². The summed E-state index contributed by atoms with van der Waals surface area (Å²) in [6.07, 6.45) is 0. The number of thioether (sulfide) groups is 1. The van der Waals surface area contributed by atoms with Crippen molar-refractivity contribution in [1.82, 2.24) is 19.7 Å². The maximum absolute atomic E-state index is 13.2. The third-order valence-electron chi connectivity index (χ3n) is 4.35. The first kappa shape index (κ1) is 20.8. The second kappa shape index (κ2) is 9.16. The van der Waals surface area contributed by atoms with Crippen LogP contribution in [0.3, 0.4) is 0 Å². The van der Waals surface area contributed by atoms with Crippen LogP contribution in [0.15, 0.2) is 53.0 Å². The molecule has 0 aliphatic carbocycles. The van der Waals surface area contributed by atoms with E-state index in [1.54, 1.807) is 23.1 Å². The van der Waals surface area contributed by atoms with Gasteiger partial charge in [-0.3, -0.25) is 0 Å². The maximum atomic E-state index is 13.2. The fourth-order valence-corrected chi connectivity index (χ4v) is 4.65. The summed E-state index contributed by atoms with van der Waals surface area (Å²) in [4.78, 5) is 4.74. The van der Waals surface area contributed by atoms with Crippen LogP contribution in [0.1, 0.15) is 17.1 Å². The van der Waals surface area contributed by atoms with Crippen molar-refractivity contribution >= 4 is 34.7 Å². The Morgan fingerprint density at radius 2 is 2.07 bits per heavy atom. The van der Waals surface area contributed by atoms with Gasteiger partial charge in [0.25, 0.3) is 0 Å². The molecule has 5 nitrogen and oxygen atoms in total. The fourth-order valence-electron chi connectivity index (χ4n) is 2.73. The highest BCUT2D eigenvalue weighted by Gasteiger charge is 2.12. The number of thiazole rings is 1. The molecule has 0 bridgehead atoms. The molecule has 30 heavy (non-hydrogen) atoms. The second-order valence-corrected chi connectivity index (χ2v) is 8.83. The number of aryl methyl sites for hydroxylation is 1. The van der Waals surface area contributed by atoms with Crippen LogP contribution in [0.25, 0.3) is 10.6 Å². The zero-order valence-corrected chi connectivity index (χ0v) is 18.7. The Bertz CT molecular complexity index is 1180. The highest BCUT2D eigenvalue weighted by Crippen LogP contribution is 2.28. The van der Waals surface area contributed by atoms with Crippen molar-refractivity contribution in [3.63, 3.8) is 0 Å². The molecule has 0 fully saturated rings. The third-order valence-corrected chi connectivity index (χ3v) is 6.63. The standard InChI is InChI=1S/C21H18ClFN4OS2/c1-13-4-3-5-14(8-13)20-24-15(11-29-20)12-30-21-26-25-19(27(21)2)10-28-16-6-7-18(23)17(22)9-16/h3-9,11H,10,12H2,1-2H3. The molecule has 0 unspecified atom stereocenters. The highest BCUT2D eigenvalue weighted by atomic mass is 35.5. The first-order valence-electron chi connectivity index (χ1n) is 9.10. The summed E-state index contributed by atoms with van der Waals surface area (Å²) in [6.45, 7) is 2.29. The van der Waals surface area contributed by atoms with E-state index in [9.17, 15) is 4.39 Å². The summed E-state index contributed by atoms with van der Waals surface area (Å²) >= 11 is 8.99. The van der Waals surface area contributed by atoms with Crippen molar-refractivity contribution in [2.75, 3.05) is 0 Å². The summed E-state index contributed by atoms with van der Waals surface area (Å²) < 4.78 is 20.8. The minimum atomic E-state index is -0.478. The van der Waals surface area contributed by atoms with Crippen LogP contribution in [0, 0.1) is 12.7 Å². The molecule has 2 heterocycles. The minimum Gasteiger partial charge on any atom is -0.486 e. The van der Waals surface area contributed by atoms with Crippen molar-refractivity contribution in [2.24, 2.45) is 7.05 Å². The molecule has 0 spiro atoms. The molecule has 0 N–H and O–H groups in total. The maximum Gasteiger partial charge on any atom is 0.191 e. The summed E-state index contributed by atoms with van der Waals surface area (Å²) in [5.41, 5.74) is 3.36. The molecule has 0 saturated carbocycles. The van der Waals surface area contributed by atoms with E-state index in [0.29, 0.717) is 17.3 Å². The van der Waals surface area contributed by atoms with Crippen molar-refractivity contribution in [1.29, 1.82) is 0 Å². The zero-order valence-electron chi connectivity index (χ0n) is 16.3. The first-order chi connectivity index (χ1) is 14.5. The molecule has 4 aromatic rings. The van der Waals surface area contributed by atoms with E-state index in [0.717, 1.165) is 21.4 Å². The fraction of sp³-hybridized carbons (Fsp3) is 0.190. The smallest absolute Gasteiger partial charge is 0.191 e. The second-order valence-electron chi connectivity index (χ2n) is 6.62. The lowest BCUT2D eigenvalue weighted by Gasteiger charge is -2.07. The number of hydrogen-bond acceptors (Lipinski definition) is 6. The van der Waals surface area contributed by atoms with E-state index in [-0.39, 0.29) is 11.6 Å². The molecule has 0 amide bonds. The number of aromatic nitrogens is 4. The quantitative estimate of drug-likeness (QED) is 0.321. The van der Waals surface area contributed by atoms with Crippen LogP contribution >= 0.6 is 34.7 Å². The Hall–Kier alpha value is -2.42. The van der Waals surface area contributed by atoms with Gasteiger partial charge in [-0.1, -0.05) is 47.1 Å². The van der Waals surface area contributed by atoms with E-state index in [4.69, 9.17) is 21.3 Å². The number of nitrogens with zero attached hydrogens (tertiary/aromatic N) is 4. The van der Waals surface area contributed by atoms with Crippen LogP contribution in [0.2, 0.25) is 5.02 Å². The molecule has 9 heteroatoms. The number of benzene rings is 2. The van der Waals surface area contributed by atoms with Gasteiger partial charge in [0.2, 0.25) is 0 Å². The van der Waals surface area contributed by atoms with Crippen LogP contribution < -0.4 is 4.74 Å². The van der Waals surface area contributed by atoms with E-state index >= 15 is 0 Å². The van der Waals surface area contributed by atoms with Gasteiger partial charge >= 0.3 is 0 Å². The predicted octanol–water partition coefficient (Wildman–Crippen LogP) is 5.91. The predicted molar refractivity (Wildman–Crippen MR) is 119 cm³/mol. The van der Waals surface area contributed by atoms with Gasteiger partial charge in [-0.2, -0.15) is 0 Å². The molecule has 0 saturated heterocycles. The van der Waals surface area contributed by atoms with Crippen LogP contribution in [0.5, 0.6) is 5.75 Å². The molecule has 0 aliphatic rings. The summed E-state index contributed by atoms with van der Waals surface area (Å²) in [6, 6.07) is 12.6. The lowest BCUT2D eigenvalue weighted by molar-refractivity contribution is 0.290. The van der Waals surface area contributed by atoms with Gasteiger partial charge in [0.15, 0.2) is 11.0 Å². The Kier molecular flexibility index (Phi) is 6.36. The molecule has 0 aliphatic heterocycles. The molecule has 2 aromatic heterocycles. The Labute approximate surface area is 186 Å². The normalized spacial score (nSPS) is 11.1. The average Bonchev–Trinajstić information content (AvgIpc) is 3.34. The molecule has 0 radical (unpaired) electrons. The molecule has 4 rings (SSSR count). The van der Waals surface area contributed by atoms with E-state index in [2.05, 4.69) is 40.7 Å². The number of rotatable bonds is 7. The monoisotopic (exact) mass is 460 g/mol. The lowest BCUT2D eigenvalue weighted by atomic mass is 10.1. The van der Waals surface area contributed by atoms with E-state index in [1.807, 2.05) is 17.7 Å². The van der Waals surface area contributed by atoms with Crippen molar-refractivity contribution < 1.29 is 9.13 Å². The van der Waals surface area contributed by atoms with Crippen LogP contribution in [-0.4, -0.2) is 19.7 Å². The Balaban J connectivity index is 1.37. The summed E-state index contributed by atoms with van der Waals surface area (Å²) in [5, 5.41) is 12.3. The number of ether oxygens (including phenoxy) is 1. The van der Waals surface area contributed by atoms with E-state index < -0.39 is 5.82 Å². The minimum absolute atomic E-state index is 0.0232. The Morgan fingerprint density at radius 3 is 2.87 bits per heavy atom. The highest BCUT2D eigenvalue weighted by molar-refractivity contribution is 7.98. The molecule has 2 aromatic carbocycles. The molecular formula is C21H18ClFN4OS2. The van der Waals surface area contributed by atoms with Crippen LogP contribution in [-0.2, 0) is 19.4 Å². The Morgan fingerprint density at radius 1 is 1.20 bits per heavy atom. The number of hydrogen-bond donors (Lipinski definition) is 0. The van der Waals surface area contributed by atoms with Gasteiger partial charge < -0.3 is 9.30 Å². The molecule has 154 valence electrons. The van der Waals surface area contributed by atoms with Crippen molar-refractivity contribution in [3.8, 4) is 16.3 Å². The first-order valence-corrected chi connectivity index (χ1v) is 11.3. The largest absolute Gasteiger partial charge is 0.486 e. The summed E-state index contributed by atoms with van der Waals surface area (Å²) in [7, 11) is 1.89. The van der Waals surface area contributed by atoms with Crippen LogP contribution in [0.4, 0.5) is 4.39 Å². The average molecular weight is 461 g/mol. The molecule has 0 atom stereocenters. The SMILES string of the molecule is Cc1cccc(-c2nc(CSc3nnc(COc4ccc(F)c(Cl)c4)n3C)cs2)c1. The van der Waals surface area contributed by atoms with Crippen molar-refractivity contribution in [2.45, 2.75) is 24.4 Å². The van der Waals surface area contributed by atoms with Gasteiger partial charge in [0.05, 0.1) is 10.7 Å². The number of halogens is 2. The van der Waals surface area contributed by atoms with Gasteiger partial charge in [-0.15, -0.1) is 21.5 Å². The zero-order chi connectivity index (χ0) is 21.1.